The number of nitrogens with zero attached hydrogens (tertiary/aromatic N) is 2. The molecule has 2 N–H and O–H groups in total. The van der Waals surface area contributed by atoms with E-state index in [1.54, 1.807) is 4.90 Å². The van der Waals surface area contributed by atoms with Crippen LogP contribution in [-0.4, -0.2) is 22.4 Å². The van der Waals surface area contributed by atoms with Crippen molar-refractivity contribution in [2.75, 3.05) is 12.3 Å². The molecule has 0 saturated carbocycles. The summed E-state index contributed by atoms with van der Waals surface area (Å²) in [7, 11) is 0. The molecule has 1 aliphatic rings. The standard InChI is InChI=1S/C14H15N3O2S/c1-9-2-4-10(5-3-9)19-8-13(18)17-6-11-12(7-17)20-14(15)16-11/h2-5H,6-8H2,1H3,(H2,15,16). The van der Waals surface area contributed by atoms with Gasteiger partial charge in [-0.05, 0) is 19.1 Å². The third kappa shape index (κ3) is 2.60. The lowest BCUT2D eigenvalue weighted by Crippen LogP contribution is -2.30. The van der Waals surface area contributed by atoms with Gasteiger partial charge >= 0.3 is 0 Å². The summed E-state index contributed by atoms with van der Waals surface area (Å²) in [5, 5.41) is 0.568. The molecule has 0 unspecified atom stereocenters. The van der Waals surface area contributed by atoms with E-state index in [4.69, 9.17) is 10.5 Å². The molecular formula is C14H15N3O2S. The van der Waals surface area contributed by atoms with E-state index >= 15 is 0 Å². The molecule has 5 nitrogen and oxygen atoms in total. The quantitative estimate of drug-likeness (QED) is 0.937. The van der Waals surface area contributed by atoms with Crippen LogP contribution in [0.1, 0.15) is 16.1 Å². The van der Waals surface area contributed by atoms with Gasteiger partial charge in [0, 0.05) is 0 Å². The summed E-state index contributed by atoms with van der Waals surface area (Å²) in [4.78, 5) is 19.1. The van der Waals surface area contributed by atoms with Crippen LogP contribution in [0.25, 0.3) is 0 Å². The number of anilines is 1. The van der Waals surface area contributed by atoms with Crippen molar-refractivity contribution in [3.05, 3.63) is 40.4 Å². The average molecular weight is 289 g/mol. The van der Waals surface area contributed by atoms with Crippen LogP contribution in [0.2, 0.25) is 0 Å². The van der Waals surface area contributed by atoms with E-state index in [9.17, 15) is 4.79 Å². The van der Waals surface area contributed by atoms with E-state index in [2.05, 4.69) is 4.98 Å². The fraction of sp³-hybridized carbons (Fsp3) is 0.286. The number of rotatable bonds is 3. The normalized spacial score (nSPS) is 13.3. The van der Waals surface area contributed by atoms with Gasteiger partial charge in [0.15, 0.2) is 11.7 Å². The molecule has 0 bridgehead atoms. The number of nitrogen functional groups attached to an aromatic ring is 1. The number of benzene rings is 1. The smallest absolute Gasteiger partial charge is 0.261 e. The summed E-state index contributed by atoms with van der Waals surface area (Å²) in [6, 6.07) is 7.65. The highest BCUT2D eigenvalue weighted by Gasteiger charge is 2.26. The predicted molar refractivity (Wildman–Crippen MR) is 77.5 cm³/mol. The van der Waals surface area contributed by atoms with Crippen LogP contribution in [-0.2, 0) is 17.9 Å². The van der Waals surface area contributed by atoms with Crippen molar-refractivity contribution in [2.45, 2.75) is 20.0 Å². The third-order valence-electron chi connectivity index (χ3n) is 3.21. The van der Waals surface area contributed by atoms with Gasteiger partial charge in [0.25, 0.3) is 5.91 Å². The van der Waals surface area contributed by atoms with Crippen LogP contribution < -0.4 is 10.5 Å². The Morgan fingerprint density at radius 2 is 2.15 bits per heavy atom. The molecule has 0 aliphatic carbocycles. The van der Waals surface area contributed by atoms with Gasteiger partial charge in [0.05, 0.1) is 23.7 Å². The molecule has 0 atom stereocenters. The van der Waals surface area contributed by atoms with Gasteiger partial charge in [-0.3, -0.25) is 4.79 Å². The minimum atomic E-state index is -0.0330. The second-order valence-electron chi connectivity index (χ2n) is 4.77. The molecule has 6 heteroatoms. The van der Waals surface area contributed by atoms with Crippen molar-refractivity contribution < 1.29 is 9.53 Å². The molecule has 1 aromatic carbocycles. The molecule has 0 fully saturated rings. The number of carbonyl (C=O) groups excluding carboxylic acids is 1. The van der Waals surface area contributed by atoms with Gasteiger partial charge in [0.1, 0.15) is 5.75 Å². The lowest BCUT2D eigenvalue weighted by Gasteiger charge is -2.15. The Hall–Kier alpha value is -2.08. The molecule has 1 amide bonds. The molecule has 0 radical (unpaired) electrons. The van der Waals surface area contributed by atoms with Crippen LogP contribution in [0, 0.1) is 6.92 Å². The SMILES string of the molecule is Cc1ccc(OCC(=O)N2Cc3nc(N)sc3C2)cc1. The first kappa shape index (κ1) is 12.9. The summed E-state index contributed by atoms with van der Waals surface area (Å²) in [5.74, 6) is 0.676. The molecule has 0 saturated heterocycles. The lowest BCUT2D eigenvalue weighted by atomic mass is 10.2. The highest BCUT2D eigenvalue weighted by Crippen LogP contribution is 2.29. The number of ether oxygens (including phenoxy) is 1. The molecule has 2 aromatic rings. The van der Waals surface area contributed by atoms with Gasteiger partial charge in [-0.1, -0.05) is 17.7 Å². The number of hydrogen-bond acceptors (Lipinski definition) is 5. The number of nitrogens with two attached hydrogens (primary N) is 1. The molecule has 2 heterocycles. The van der Waals surface area contributed by atoms with Crippen LogP contribution in [0.5, 0.6) is 5.75 Å². The molecule has 3 rings (SSSR count). The van der Waals surface area contributed by atoms with Crippen molar-refractivity contribution in [3.63, 3.8) is 0 Å². The van der Waals surface area contributed by atoms with Gasteiger partial charge < -0.3 is 15.4 Å². The number of fused-ring (bicyclic) bond motifs is 1. The van der Waals surface area contributed by atoms with Crippen molar-refractivity contribution in [1.29, 1.82) is 0 Å². The molecule has 20 heavy (non-hydrogen) atoms. The Labute approximate surface area is 121 Å². The first-order valence-electron chi connectivity index (χ1n) is 6.33. The van der Waals surface area contributed by atoms with Crippen molar-refractivity contribution >= 4 is 22.4 Å². The van der Waals surface area contributed by atoms with Crippen LogP contribution >= 0.6 is 11.3 Å². The highest BCUT2D eigenvalue weighted by atomic mass is 32.1. The maximum absolute atomic E-state index is 12.1. The Morgan fingerprint density at radius 3 is 2.85 bits per heavy atom. The van der Waals surface area contributed by atoms with E-state index in [1.807, 2.05) is 31.2 Å². The summed E-state index contributed by atoms with van der Waals surface area (Å²) in [5.41, 5.74) is 7.71. The molecule has 1 aliphatic heterocycles. The zero-order valence-corrected chi connectivity index (χ0v) is 11.9. The monoisotopic (exact) mass is 289 g/mol. The first-order valence-corrected chi connectivity index (χ1v) is 7.15. The summed E-state index contributed by atoms with van der Waals surface area (Å²) >= 11 is 1.45. The van der Waals surface area contributed by atoms with Gasteiger partial charge in [0.2, 0.25) is 0 Å². The third-order valence-corrected chi connectivity index (χ3v) is 4.12. The van der Waals surface area contributed by atoms with Crippen LogP contribution in [0.4, 0.5) is 5.13 Å². The zero-order valence-electron chi connectivity index (χ0n) is 11.1. The predicted octanol–water partition coefficient (Wildman–Crippen LogP) is 1.95. The Morgan fingerprint density at radius 1 is 1.40 bits per heavy atom. The zero-order chi connectivity index (χ0) is 14.1. The van der Waals surface area contributed by atoms with Crippen LogP contribution in [0.3, 0.4) is 0 Å². The second kappa shape index (κ2) is 5.13. The Balaban J connectivity index is 1.56. The van der Waals surface area contributed by atoms with Crippen molar-refractivity contribution in [3.8, 4) is 5.75 Å². The minimum Gasteiger partial charge on any atom is -0.484 e. The Kier molecular flexibility index (Phi) is 3.31. The van der Waals surface area contributed by atoms with E-state index in [-0.39, 0.29) is 12.5 Å². The number of carbonyl (C=O) groups is 1. The van der Waals surface area contributed by atoms with Crippen LogP contribution in [0.15, 0.2) is 24.3 Å². The van der Waals surface area contributed by atoms with Crippen molar-refractivity contribution in [2.24, 2.45) is 0 Å². The fourth-order valence-electron chi connectivity index (χ4n) is 2.11. The summed E-state index contributed by atoms with van der Waals surface area (Å²) in [6.45, 7) is 3.17. The van der Waals surface area contributed by atoms with E-state index in [1.165, 1.54) is 11.3 Å². The molecular weight excluding hydrogens is 274 g/mol. The van der Waals surface area contributed by atoms with E-state index < -0.39 is 0 Å². The van der Waals surface area contributed by atoms with Gasteiger partial charge in [-0.15, -0.1) is 11.3 Å². The Bertz CT molecular complexity index is 613. The highest BCUT2D eigenvalue weighted by molar-refractivity contribution is 7.15. The summed E-state index contributed by atoms with van der Waals surface area (Å²) < 4.78 is 5.50. The second-order valence-corrected chi connectivity index (χ2v) is 5.89. The maximum atomic E-state index is 12.1. The van der Waals surface area contributed by atoms with Gasteiger partial charge in [-0.2, -0.15) is 0 Å². The van der Waals surface area contributed by atoms with E-state index in [0.29, 0.717) is 24.0 Å². The summed E-state index contributed by atoms with van der Waals surface area (Å²) in [6.07, 6.45) is 0. The molecule has 104 valence electrons. The number of thiazole rings is 1. The van der Waals surface area contributed by atoms with E-state index in [0.717, 1.165) is 16.1 Å². The first-order chi connectivity index (χ1) is 9.61. The minimum absolute atomic E-state index is 0.0330. The average Bonchev–Trinajstić information content (AvgIpc) is 2.95. The largest absolute Gasteiger partial charge is 0.484 e. The number of aromatic nitrogens is 1. The van der Waals surface area contributed by atoms with Crippen molar-refractivity contribution in [1.82, 2.24) is 9.88 Å². The fourth-order valence-corrected chi connectivity index (χ4v) is 2.96. The molecule has 0 spiro atoms. The maximum Gasteiger partial charge on any atom is 0.261 e. The number of aryl methyl sites for hydroxylation is 1. The molecule has 1 aromatic heterocycles. The lowest BCUT2D eigenvalue weighted by molar-refractivity contribution is -0.134. The number of hydrogen-bond donors (Lipinski definition) is 1. The number of amides is 1. The topological polar surface area (TPSA) is 68.5 Å². The van der Waals surface area contributed by atoms with Gasteiger partial charge in [-0.25, -0.2) is 4.98 Å².